The molecule has 5 heteroatoms. The van der Waals surface area contributed by atoms with Crippen molar-refractivity contribution in [2.24, 2.45) is 0 Å². The molecule has 1 aliphatic carbocycles. The molecule has 0 atom stereocenters. The predicted molar refractivity (Wildman–Crippen MR) is 84.1 cm³/mol. The van der Waals surface area contributed by atoms with Crippen LogP contribution in [0.4, 0.5) is 0 Å². The van der Waals surface area contributed by atoms with E-state index in [1.807, 2.05) is 12.1 Å². The maximum Gasteiger partial charge on any atom is 0.341 e. The van der Waals surface area contributed by atoms with Crippen LogP contribution >= 0.6 is 11.6 Å². The first-order valence-corrected chi connectivity index (χ1v) is 7.75. The summed E-state index contributed by atoms with van der Waals surface area (Å²) >= 11 is 5.95. The monoisotopic (exact) mass is 316 g/mol. The Labute approximate surface area is 134 Å². The quantitative estimate of drug-likeness (QED) is 0.791. The summed E-state index contributed by atoms with van der Waals surface area (Å²) in [5, 5.41) is 0.745. The van der Waals surface area contributed by atoms with Gasteiger partial charge in [0.1, 0.15) is 5.82 Å². The summed E-state index contributed by atoms with van der Waals surface area (Å²) < 4.78 is 4.93. The van der Waals surface area contributed by atoms with Crippen molar-refractivity contribution in [3.05, 3.63) is 58.6 Å². The Morgan fingerprint density at radius 2 is 1.86 bits per heavy atom. The fourth-order valence-electron chi connectivity index (χ4n) is 2.59. The number of carbonyl (C=O) groups excluding carboxylic acids is 1. The van der Waals surface area contributed by atoms with Crippen LogP contribution in [0.2, 0.25) is 5.02 Å². The van der Waals surface area contributed by atoms with Crippen LogP contribution in [0.3, 0.4) is 0 Å². The number of hydrogen-bond donors (Lipinski definition) is 0. The molecule has 2 aromatic rings. The van der Waals surface area contributed by atoms with E-state index in [0.29, 0.717) is 12.2 Å². The summed E-state index contributed by atoms with van der Waals surface area (Å²) in [5.41, 5.74) is 1.78. The normalized spacial score (nSPS) is 15.4. The molecular weight excluding hydrogens is 300 g/mol. The summed E-state index contributed by atoms with van der Waals surface area (Å²) in [5.74, 6) is 0.369. The zero-order chi connectivity index (χ0) is 15.6. The third-order valence-electron chi connectivity index (χ3n) is 4.02. The minimum absolute atomic E-state index is 0.121. The second-order valence-corrected chi connectivity index (χ2v) is 6.01. The van der Waals surface area contributed by atoms with Crippen molar-refractivity contribution >= 4 is 17.6 Å². The maximum atomic E-state index is 11.6. The number of benzene rings is 1. The van der Waals surface area contributed by atoms with Gasteiger partial charge in [0.05, 0.1) is 12.2 Å². The van der Waals surface area contributed by atoms with Crippen molar-refractivity contribution in [3.63, 3.8) is 0 Å². The Morgan fingerprint density at radius 3 is 2.41 bits per heavy atom. The van der Waals surface area contributed by atoms with Gasteiger partial charge in [-0.2, -0.15) is 0 Å². The van der Waals surface area contributed by atoms with E-state index in [1.165, 1.54) is 18.0 Å². The highest BCUT2D eigenvalue weighted by Crippen LogP contribution is 2.50. The summed E-state index contributed by atoms with van der Waals surface area (Å²) in [6.45, 7) is 2.12. The number of hydrogen-bond acceptors (Lipinski definition) is 4. The lowest BCUT2D eigenvalue weighted by Gasteiger charge is -2.14. The van der Waals surface area contributed by atoms with Crippen molar-refractivity contribution in [2.45, 2.75) is 31.6 Å². The van der Waals surface area contributed by atoms with E-state index in [1.54, 1.807) is 6.92 Å². The maximum absolute atomic E-state index is 11.6. The molecule has 1 aromatic heterocycles. The zero-order valence-corrected chi connectivity index (χ0v) is 13.1. The SMILES string of the molecule is CCOC(=O)c1cnc(CC2(c3ccc(Cl)cc3)CC2)nc1. The fraction of sp³-hybridized carbons (Fsp3) is 0.353. The Hall–Kier alpha value is -1.94. The minimum Gasteiger partial charge on any atom is -0.462 e. The van der Waals surface area contributed by atoms with Crippen LogP contribution in [0, 0.1) is 0 Å². The second kappa shape index (κ2) is 6.05. The van der Waals surface area contributed by atoms with Crippen LogP contribution in [0.1, 0.15) is 41.5 Å². The highest BCUT2D eigenvalue weighted by Gasteiger charge is 2.44. The third-order valence-corrected chi connectivity index (χ3v) is 4.28. The first-order chi connectivity index (χ1) is 10.6. The molecular formula is C17H17ClN2O2. The van der Waals surface area contributed by atoms with Gasteiger partial charge in [0.15, 0.2) is 0 Å². The van der Waals surface area contributed by atoms with Gasteiger partial charge in [-0.15, -0.1) is 0 Å². The third kappa shape index (κ3) is 3.12. The van der Waals surface area contributed by atoms with Crippen molar-refractivity contribution in [2.75, 3.05) is 6.61 Å². The number of esters is 1. The average Bonchev–Trinajstić information content (AvgIpc) is 3.29. The van der Waals surface area contributed by atoms with Gasteiger partial charge in [0, 0.05) is 29.3 Å². The lowest BCUT2D eigenvalue weighted by atomic mass is 9.92. The van der Waals surface area contributed by atoms with Crippen LogP contribution in [-0.2, 0) is 16.6 Å². The molecule has 0 aliphatic heterocycles. The molecule has 1 fully saturated rings. The molecule has 1 aliphatic rings. The molecule has 0 saturated heterocycles. The van der Waals surface area contributed by atoms with E-state index >= 15 is 0 Å². The summed E-state index contributed by atoms with van der Waals surface area (Å²) in [6, 6.07) is 7.98. The van der Waals surface area contributed by atoms with Crippen LogP contribution in [0.15, 0.2) is 36.7 Å². The van der Waals surface area contributed by atoms with E-state index in [-0.39, 0.29) is 11.4 Å². The van der Waals surface area contributed by atoms with Gasteiger partial charge in [0.25, 0.3) is 0 Å². The topological polar surface area (TPSA) is 52.1 Å². The van der Waals surface area contributed by atoms with Crippen LogP contribution in [0.25, 0.3) is 0 Å². The largest absolute Gasteiger partial charge is 0.462 e. The Balaban J connectivity index is 1.73. The average molecular weight is 317 g/mol. The molecule has 114 valence electrons. The molecule has 0 N–H and O–H groups in total. The number of nitrogens with zero attached hydrogens (tertiary/aromatic N) is 2. The molecule has 1 aromatic carbocycles. The highest BCUT2D eigenvalue weighted by molar-refractivity contribution is 6.30. The molecule has 4 nitrogen and oxygen atoms in total. The molecule has 0 spiro atoms. The van der Waals surface area contributed by atoms with Crippen LogP contribution in [-0.4, -0.2) is 22.5 Å². The molecule has 0 radical (unpaired) electrons. The van der Waals surface area contributed by atoms with Gasteiger partial charge in [-0.3, -0.25) is 0 Å². The smallest absolute Gasteiger partial charge is 0.341 e. The van der Waals surface area contributed by atoms with Gasteiger partial charge in [-0.25, -0.2) is 14.8 Å². The number of ether oxygens (including phenoxy) is 1. The highest BCUT2D eigenvalue weighted by atomic mass is 35.5. The van der Waals surface area contributed by atoms with E-state index in [9.17, 15) is 4.79 Å². The van der Waals surface area contributed by atoms with Crippen molar-refractivity contribution < 1.29 is 9.53 Å². The molecule has 3 rings (SSSR count). The molecule has 0 amide bonds. The van der Waals surface area contributed by atoms with E-state index in [4.69, 9.17) is 16.3 Å². The molecule has 0 unspecified atom stereocenters. The van der Waals surface area contributed by atoms with Gasteiger partial charge >= 0.3 is 5.97 Å². The van der Waals surface area contributed by atoms with Crippen molar-refractivity contribution in [1.29, 1.82) is 0 Å². The number of aromatic nitrogens is 2. The first-order valence-electron chi connectivity index (χ1n) is 7.37. The van der Waals surface area contributed by atoms with Crippen molar-refractivity contribution in [1.82, 2.24) is 9.97 Å². The predicted octanol–water partition coefficient (Wildman–Crippen LogP) is 3.58. The number of halogens is 1. The van der Waals surface area contributed by atoms with E-state index < -0.39 is 0 Å². The molecule has 1 heterocycles. The fourth-order valence-corrected chi connectivity index (χ4v) is 2.72. The van der Waals surface area contributed by atoms with E-state index in [2.05, 4.69) is 22.1 Å². The number of rotatable bonds is 5. The number of carbonyl (C=O) groups is 1. The Morgan fingerprint density at radius 1 is 1.23 bits per heavy atom. The lowest BCUT2D eigenvalue weighted by Crippen LogP contribution is -2.14. The van der Waals surface area contributed by atoms with E-state index in [0.717, 1.165) is 30.1 Å². The molecule has 22 heavy (non-hydrogen) atoms. The summed E-state index contributed by atoms with van der Waals surface area (Å²) in [6.07, 6.45) is 6.10. The standard InChI is InChI=1S/C17H17ClN2O2/c1-2-22-16(21)12-10-19-15(20-11-12)9-17(7-8-17)13-3-5-14(18)6-4-13/h3-6,10-11H,2,7-9H2,1H3. The second-order valence-electron chi connectivity index (χ2n) is 5.57. The zero-order valence-electron chi connectivity index (χ0n) is 12.4. The van der Waals surface area contributed by atoms with Crippen LogP contribution < -0.4 is 0 Å². The Kier molecular flexibility index (Phi) is 4.12. The van der Waals surface area contributed by atoms with Crippen molar-refractivity contribution in [3.8, 4) is 0 Å². The summed E-state index contributed by atoms with van der Waals surface area (Å²) in [4.78, 5) is 20.2. The van der Waals surface area contributed by atoms with Gasteiger partial charge < -0.3 is 4.74 Å². The van der Waals surface area contributed by atoms with Crippen LogP contribution in [0.5, 0.6) is 0 Å². The Bertz CT molecular complexity index is 664. The molecule has 1 saturated carbocycles. The first kappa shape index (κ1) is 15.0. The molecule has 0 bridgehead atoms. The van der Waals surface area contributed by atoms with Gasteiger partial charge in [0.2, 0.25) is 0 Å². The van der Waals surface area contributed by atoms with Gasteiger partial charge in [-0.05, 0) is 37.5 Å². The lowest BCUT2D eigenvalue weighted by molar-refractivity contribution is 0.0525. The summed E-state index contributed by atoms with van der Waals surface area (Å²) in [7, 11) is 0. The minimum atomic E-state index is -0.382. The van der Waals surface area contributed by atoms with Gasteiger partial charge in [-0.1, -0.05) is 23.7 Å².